The fourth-order valence-corrected chi connectivity index (χ4v) is 3.10. The quantitative estimate of drug-likeness (QED) is 0.538. The summed E-state index contributed by atoms with van der Waals surface area (Å²) >= 11 is 0. The lowest BCUT2D eigenvalue weighted by molar-refractivity contribution is -0.121. The molecule has 29 heavy (non-hydrogen) atoms. The Morgan fingerprint density at radius 1 is 1.00 bits per heavy atom. The van der Waals surface area contributed by atoms with Gasteiger partial charge in [-0.25, -0.2) is 9.78 Å². The molecule has 0 fully saturated rings. The highest BCUT2D eigenvalue weighted by Gasteiger charge is 2.16. The Morgan fingerprint density at radius 2 is 1.83 bits per heavy atom. The van der Waals surface area contributed by atoms with Crippen LogP contribution in [0.5, 0.6) is 0 Å². The largest absolute Gasteiger partial charge is 0.467 e. The van der Waals surface area contributed by atoms with Crippen molar-refractivity contribution in [2.24, 2.45) is 0 Å². The zero-order valence-corrected chi connectivity index (χ0v) is 15.4. The van der Waals surface area contributed by atoms with Crippen molar-refractivity contribution in [3.05, 3.63) is 99.2 Å². The van der Waals surface area contributed by atoms with E-state index in [9.17, 15) is 14.4 Å². The number of rotatable bonds is 6. The highest BCUT2D eigenvalue weighted by Crippen LogP contribution is 2.06. The van der Waals surface area contributed by atoms with Crippen LogP contribution in [0.3, 0.4) is 0 Å². The maximum atomic E-state index is 13.1. The summed E-state index contributed by atoms with van der Waals surface area (Å²) in [5.41, 5.74) is 0.215. The van der Waals surface area contributed by atoms with E-state index in [0.717, 1.165) is 10.1 Å². The van der Waals surface area contributed by atoms with Crippen LogP contribution >= 0.6 is 0 Å². The van der Waals surface area contributed by atoms with Crippen LogP contribution in [0.15, 0.2) is 81.1 Å². The second-order valence-corrected chi connectivity index (χ2v) is 6.47. The summed E-state index contributed by atoms with van der Waals surface area (Å²) < 4.78 is 7.56. The first-order chi connectivity index (χ1) is 14.1. The third-order valence-electron chi connectivity index (χ3n) is 4.51. The van der Waals surface area contributed by atoms with Gasteiger partial charge in [0.1, 0.15) is 12.3 Å². The molecule has 0 atom stereocenters. The summed E-state index contributed by atoms with van der Waals surface area (Å²) in [6.45, 7) is 0.0657. The van der Waals surface area contributed by atoms with Crippen LogP contribution in [0.1, 0.15) is 11.3 Å². The lowest BCUT2D eigenvalue weighted by Crippen LogP contribution is -2.43. The van der Waals surface area contributed by atoms with Crippen LogP contribution in [-0.4, -0.2) is 20.0 Å². The molecule has 4 aromatic rings. The van der Waals surface area contributed by atoms with E-state index < -0.39 is 11.2 Å². The molecule has 8 nitrogen and oxygen atoms in total. The minimum atomic E-state index is -0.562. The zero-order chi connectivity index (χ0) is 20.2. The summed E-state index contributed by atoms with van der Waals surface area (Å²) in [5, 5.41) is 2.71. The van der Waals surface area contributed by atoms with Crippen LogP contribution in [0.25, 0.3) is 11.0 Å². The molecule has 0 unspecified atom stereocenters. The molecule has 0 bridgehead atoms. The van der Waals surface area contributed by atoms with Gasteiger partial charge in [-0.2, -0.15) is 0 Å². The van der Waals surface area contributed by atoms with E-state index in [2.05, 4.69) is 10.3 Å². The maximum absolute atomic E-state index is 13.1. The first kappa shape index (κ1) is 18.4. The molecule has 0 saturated carbocycles. The number of nitrogens with zero attached hydrogens (tertiary/aromatic N) is 3. The van der Waals surface area contributed by atoms with Crippen LogP contribution in [-0.2, 0) is 24.4 Å². The number of furan rings is 1. The Hall–Kier alpha value is -3.94. The summed E-state index contributed by atoms with van der Waals surface area (Å²) in [5.74, 6) is 0.227. The van der Waals surface area contributed by atoms with Crippen molar-refractivity contribution < 1.29 is 9.21 Å². The van der Waals surface area contributed by atoms with E-state index in [1.54, 1.807) is 24.3 Å². The summed E-state index contributed by atoms with van der Waals surface area (Å²) in [4.78, 5) is 42.5. The van der Waals surface area contributed by atoms with Gasteiger partial charge in [0.25, 0.3) is 5.56 Å². The second-order valence-electron chi connectivity index (χ2n) is 6.47. The molecular formula is C21H18N4O4. The molecule has 0 aliphatic heterocycles. The fourth-order valence-electron chi connectivity index (χ4n) is 3.10. The molecule has 4 rings (SSSR count). The average Bonchev–Trinajstić information content (AvgIpc) is 3.27. The number of aromatic nitrogens is 3. The van der Waals surface area contributed by atoms with Crippen molar-refractivity contribution in [3.8, 4) is 0 Å². The Labute approximate surface area is 165 Å². The van der Waals surface area contributed by atoms with Gasteiger partial charge in [-0.05, 0) is 29.8 Å². The predicted molar refractivity (Wildman–Crippen MR) is 106 cm³/mol. The number of nitrogens with one attached hydrogen (secondary N) is 1. The number of hydrogen-bond donors (Lipinski definition) is 1. The third-order valence-corrected chi connectivity index (χ3v) is 4.51. The number of amides is 1. The van der Waals surface area contributed by atoms with Gasteiger partial charge < -0.3 is 9.73 Å². The van der Waals surface area contributed by atoms with Gasteiger partial charge in [-0.3, -0.25) is 18.7 Å². The first-order valence-electron chi connectivity index (χ1n) is 9.05. The summed E-state index contributed by atoms with van der Waals surface area (Å²) in [6, 6.07) is 15.9. The monoisotopic (exact) mass is 390 g/mol. The van der Waals surface area contributed by atoms with Gasteiger partial charge in [-0.15, -0.1) is 0 Å². The minimum absolute atomic E-state index is 0.0963. The molecule has 0 aliphatic carbocycles. The maximum Gasteiger partial charge on any atom is 0.332 e. The van der Waals surface area contributed by atoms with E-state index in [1.165, 1.54) is 17.0 Å². The van der Waals surface area contributed by atoms with E-state index in [0.29, 0.717) is 11.3 Å². The molecule has 3 aromatic heterocycles. The minimum Gasteiger partial charge on any atom is -0.467 e. The van der Waals surface area contributed by atoms with E-state index in [-0.39, 0.29) is 31.1 Å². The van der Waals surface area contributed by atoms with Crippen LogP contribution in [0, 0.1) is 0 Å². The SMILES string of the molecule is O=C(Cn1c(=O)n(Cc2ccccc2)c(=O)c2ncccc21)NCc1ccco1. The van der Waals surface area contributed by atoms with Gasteiger partial charge in [-0.1, -0.05) is 30.3 Å². The molecule has 146 valence electrons. The molecule has 8 heteroatoms. The van der Waals surface area contributed by atoms with Crippen molar-refractivity contribution in [3.63, 3.8) is 0 Å². The molecule has 1 amide bonds. The van der Waals surface area contributed by atoms with Crippen molar-refractivity contribution in [2.45, 2.75) is 19.6 Å². The number of benzene rings is 1. The number of carbonyl (C=O) groups excluding carboxylic acids is 1. The van der Waals surface area contributed by atoms with Gasteiger partial charge in [0.05, 0.1) is 24.9 Å². The number of pyridine rings is 1. The Bertz CT molecular complexity index is 1260. The van der Waals surface area contributed by atoms with Crippen molar-refractivity contribution in [1.29, 1.82) is 0 Å². The lowest BCUT2D eigenvalue weighted by atomic mass is 10.2. The zero-order valence-electron chi connectivity index (χ0n) is 15.4. The Morgan fingerprint density at radius 3 is 2.59 bits per heavy atom. The van der Waals surface area contributed by atoms with Crippen molar-refractivity contribution in [2.75, 3.05) is 0 Å². The number of carbonyl (C=O) groups is 1. The molecule has 1 N–H and O–H groups in total. The Kier molecular flexibility index (Phi) is 5.07. The first-order valence-corrected chi connectivity index (χ1v) is 9.05. The van der Waals surface area contributed by atoms with Crippen LogP contribution in [0.4, 0.5) is 0 Å². The predicted octanol–water partition coefficient (Wildman–Crippen LogP) is 1.52. The van der Waals surface area contributed by atoms with Crippen LogP contribution < -0.4 is 16.6 Å². The van der Waals surface area contributed by atoms with Gasteiger partial charge >= 0.3 is 5.69 Å². The van der Waals surface area contributed by atoms with E-state index in [4.69, 9.17) is 4.42 Å². The molecule has 0 radical (unpaired) electrons. The topological polar surface area (TPSA) is 99.1 Å². The van der Waals surface area contributed by atoms with E-state index >= 15 is 0 Å². The summed E-state index contributed by atoms with van der Waals surface area (Å²) in [7, 11) is 0. The molecule has 3 heterocycles. The standard InChI is InChI=1S/C21H18N4O4/c26-18(23-12-16-8-5-11-29-16)14-24-17-9-4-10-22-19(17)20(27)25(21(24)28)13-15-6-2-1-3-7-15/h1-11H,12-14H2,(H,23,26). The average molecular weight is 390 g/mol. The van der Waals surface area contributed by atoms with Crippen molar-refractivity contribution >= 4 is 16.9 Å². The molecule has 0 spiro atoms. The second kappa shape index (κ2) is 7.97. The highest BCUT2D eigenvalue weighted by atomic mass is 16.3. The fraction of sp³-hybridized carbons (Fsp3) is 0.143. The lowest BCUT2D eigenvalue weighted by Gasteiger charge is -2.13. The number of hydrogen-bond acceptors (Lipinski definition) is 5. The normalized spacial score (nSPS) is 10.9. The molecule has 0 aliphatic rings. The van der Waals surface area contributed by atoms with Gasteiger partial charge in [0, 0.05) is 6.20 Å². The van der Waals surface area contributed by atoms with Gasteiger partial charge in [0.2, 0.25) is 5.91 Å². The molecule has 1 aromatic carbocycles. The van der Waals surface area contributed by atoms with Gasteiger partial charge in [0.15, 0.2) is 5.52 Å². The number of fused-ring (bicyclic) bond motifs is 1. The smallest absolute Gasteiger partial charge is 0.332 e. The third kappa shape index (κ3) is 3.86. The summed E-state index contributed by atoms with van der Waals surface area (Å²) in [6.07, 6.45) is 3.01. The van der Waals surface area contributed by atoms with Crippen molar-refractivity contribution in [1.82, 2.24) is 19.4 Å². The van der Waals surface area contributed by atoms with E-state index in [1.807, 2.05) is 30.3 Å². The highest BCUT2D eigenvalue weighted by molar-refractivity contribution is 5.79. The molecule has 0 saturated heterocycles. The Balaban J connectivity index is 1.71. The molecular weight excluding hydrogens is 372 g/mol. The van der Waals surface area contributed by atoms with Crippen LogP contribution in [0.2, 0.25) is 0 Å².